The largest absolute Gasteiger partial charge is 0.344 e. The predicted molar refractivity (Wildman–Crippen MR) is 89.9 cm³/mol. The van der Waals surface area contributed by atoms with Crippen LogP contribution in [0, 0.1) is 6.92 Å². The van der Waals surface area contributed by atoms with Gasteiger partial charge in [-0.25, -0.2) is 9.97 Å². The van der Waals surface area contributed by atoms with Gasteiger partial charge in [0.05, 0.1) is 5.39 Å². The normalized spacial score (nSPS) is 18.4. The summed E-state index contributed by atoms with van der Waals surface area (Å²) in [6.07, 6.45) is 2.10. The summed E-state index contributed by atoms with van der Waals surface area (Å²) in [5.41, 5.74) is 0. The van der Waals surface area contributed by atoms with Crippen molar-refractivity contribution >= 4 is 27.4 Å². The van der Waals surface area contributed by atoms with E-state index >= 15 is 0 Å². The summed E-state index contributed by atoms with van der Waals surface area (Å²) in [6.45, 7) is 7.04. The molecular formula is C16H19N5OS. The number of aromatic nitrogens is 4. The van der Waals surface area contributed by atoms with E-state index < -0.39 is 0 Å². The van der Waals surface area contributed by atoms with E-state index in [1.54, 1.807) is 11.3 Å². The van der Waals surface area contributed by atoms with Gasteiger partial charge in [-0.05, 0) is 31.2 Å². The van der Waals surface area contributed by atoms with Crippen LogP contribution in [0.5, 0.6) is 0 Å². The summed E-state index contributed by atoms with van der Waals surface area (Å²) < 4.78 is 5.54. The van der Waals surface area contributed by atoms with Gasteiger partial charge >= 0.3 is 0 Å². The molecule has 1 atom stereocenters. The van der Waals surface area contributed by atoms with Gasteiger partial charge in [0.25, 0.3) is 0 Å². The zero-order chi connectivity index (χ0) is 16.0. The number of anilines is 1. The van der Waals surface area contributed by atoms with Crippen LogP contribution in [0.2, 0.25) is 0 Å². The molecule has 1 fully saturated rings. The molecule has 4 heterocycles. The molecule has 23 heavy (non-hydrogen) atoms. The zero-order valence-electron chi connectivity index (χ0n) is 13.5. The van der Waals surface area contributed by atoms with Crippen LogP contribution in [0.1, 0.15) is 56.2 Å². The van der Waals surface area contributed by atoms with E-state index in [-0.39, 0.29) is 12.0 Å². The Balaban J connectivity index is 1.75. The number of nitrogens with zero attached hydrogens (tertiary/aromatic N) is 5. The van der Waals surface area contributed by atoms with E-state index in [9.17, 15) is 0 Å². The minimum absolute atomic E-state index is 0.104. The van der Waals surface area contributed by atoms with E-state index in [2.05, 4.69) is 45.3 Å². The van der Waals surface area contributed by atoms with E-state index in [0.29, 0.717) is 5.89 Å². The molecule has 4 rings (SSSR count). The molecule has 6 nitrogen and oxygen atoms in total. The topological polar surface area (TPSA) is 67.9 Å². The van der Waals surface area contributed by atoms with Gasteiger partial charge in [-0.3, -0.25) is 0 Å². The van der Waals surface area contributed by atoms with E-state index in [0.717, 1.165) is 47.1 Å². The highest BCUT2D eigenvalue weighted by atomic mass is 32.1. The molecule has 0 aliphatic carbocycles. The van der Waals surface area contributed by atoms with Crippen molar-refractivity contribution in [2.75, 3.05) is 11.4 Å². The first-order chi connectivity index (χ1) is 11.1. The Morgan fingerprint density at radius 3 is 2.96 bits per heavy atom. The fourth-order valence-corrected chi connectivity index (χ4v) is 3.86. The van der Waals surface area contributed by atoms with Crippen molar-refractivity contribution in [1.29, 1.82) is 0 Å². The number of thiophene rings is 1. The highest BCUT2D eigenvalue weighted by Crippen LogP contribution is 2.38. The lowest BCUT2D eigenvalue weighted by atomic mass is 10.2. The molecular weight excluding hydrogens is 310 g/mol. The molecule has 120 valence electrons. The lowest BCUT2D eigenvalue weighted by Crippen LogP contribution is -2.24. The Kier molecular flexibility index (Phi) is 3.52. The van der Waals surface area contributed by atoms with Gasteiger partial charge in [-0.15, -0.1) is 11.3 Å². The van der Waals surface area contributed by atoms with Crippen LogP contribution in [-0.4, -0.2) is 26.7 Å². The molecule has 0 aromatic carbocycles. The molecule has 1 aliphatic rings. The maximum absolute atomic E-state index is 5.54. The molecule has 0 radical (unpaired) electrons. The molecule has 1 aliphatic heterocycles. The van der Waals surface area contributed by atoms with E-state index in [4.69, 9.17) is 9.51 Å². The van der Waals surface area contributed by atoms with Crippen molar-refractivity contribution in [3.63, 3.8) is 0 Å². The van der Waals surface area contributed by atoms with Crippen molar-refractivity contribution in [1.82, 2.24) is 20.1 Å². The number of hydrogen-bond acceptors (Lipinski definition) is 7. The van der Waals surface area contributed by atoms with Gasteiger partial charge in [-0.1, -0.05) is 19.0 Å². The molecule has 0 amide bonds. The monoisotopic (exact) mass is 329 g/mol. The van der Waals surface area contributed by atoms with Crippen LogP contribution in [0.25, 0.3) is 10.2 Å². The number of hydrogen-bond donors (Lipinski definition) is 0. The van der Waals surface area contributed by atoms with E-state index in [1.807, 2.05) is 6.92 Å². The molecule has 0 bridgehead atoms. The van der Waals surface area contributed by atoms with Crippen molar-refractivity contribution in [2.45, 2.75) is 45.6 Å². The smallest absolute Gasteiger partial charge is 0.249 e. The average molecular weight is 329 g/mol. The molecule has 1 saturated heterocycles. The number of rotatable bonds is 3. The Morgan fingerprint density at radius 2 is 2.17 bits per heavy atom. The van der Waals surface area contributed by atoms with Gasteiger partial charge in [0.2, 0.25) is 5.89 Å². The van der Waals surface area contributed by atoms with Crippen LogP contribution < -0.4 is 4.90 Å². The fraction of sp³-hybridized carbons (Fsp3) is 0.500. The molecule has 0 N–H and O–H groups in total. The van der Waals surface area contributed by atoms with Crippen LogP contribution in [0.15, 0.2) is 16.0 Å². The third-order valence-electron chi connectivity index (χ3n) is 4.20. The Hall–Kier alpha value is -2.02. The third kappa shape index (κ3) is 2.49. The summed E-state index contributed by atoms with van der Waals surface area (Å²) in [5, 5.41) is 7.29. The summed E-state index contributed by atoms with van der Waals surface area (Å²) in [6, 6.07) is 2.20. The van der Waals surface area contributed by atoms with E-state index in [1.165, 1.54) is 0 Å². The molecule has 3 aromatic heterocycles. The lowest BCUT2D eigenvalue weighted by molar-refractivity contribution is 0.349. The van der Waals surface area contributed by atoms with Gasteiger partial charge in [-0.2, -0.15) is 4.98 Å². The quantitative estimate of drug-likeness (QED) is 0.727. The van der Waals surface area contributed by atoms with Crippen LogP contribution in [0.4, 0.5) is 5.82 Å². The zero-order valence-corrected chi connectivity index (χ0v) is 14.3. The maximum atomic E-state index is 5.54. The van der Waals surface area contributed by atoms with Crippen molar-refractivity contribution in [3.8, 4) is 0 Å². The van der Waals surface area contributed by atoms with Gasteiger partial charge in [0.1, 0.15) is 22.5 Å². The fourth-order valence-electron chi connectivity index (χ4n) is 3.06. The second-order valence-electron chi connectivity index (χ2n) is 6.23. The highest BCUT2D eigenvalue weighted by molar-refractivity contribution is 7.16. The minimum atomic E-state index is 0.104. The van der Waals surface area contributed by atoms with Crippen molar-refractivity contribution in [3.05, 3.63) is 29.0 Å². The number of fused-ring (bicyclic) bond motifs is 1. The van der Waals surface area contributed by atoms with Gasteiger partial charge in [0.15, 0.2) is 5.82 Å². The molecule has 0 saturated carbocycles. The number of aryl methyl sites for hydroxylation is 1. The van der Waals surface area contributed by atoms with Crippen LogP contribution in [0.3, 0.4) is 0 Å². The van der Waals surface area contributed by atoms with Crippen molar-refractivity contribution in [2.24, 2.45) is 0 Å². The maximum Gasteiger partial charge on any atom is 0.249 e. The standard InChI is InChI=1S/C16H19N5OS/c1-9(2)13-19-15(22-20-13)12-5-4-7-21(12)14-11-6-8-23-16(11)18-10(3)17-14/h6,8-9,12H,4-5,7H2,1-3H3/t12-/m1/s1. The lowest BCUT2D eigenvalue weighted by Gasteiger charge is -2.23. The first kappa shape index (κ1) is 14.6. The second-order valence-corrected chi connectivity index (χ2v) is 7.13. The van der Waals surface area contributed by atoms with Gasteiger partial charge in [0, 0.05) is 12.5 Å². The summed E-state index contributed by atoms with van der Waals surface area (Å²) in [7, 11) is 0. The first-order valence-corrected chi connectivity index (χ1v) is 8.83. The summed E-state index contributed by atoms with van der Waals surface area (Å²) in [5.74, 6) is 3.53. The third-order valence-corrected chi connectivity index (χ3v) is 5.01. The molecule has 0 unspecified atom stereocenters. The Morgan fingerprint density at radius 1 is 1.30 bits per heavy atom. The van der Waals surface area contributed by atoms with Crippen molar-refractivity contribution < 1.29 is 4.52 Å². The van der Waals surface area contributed by atoms with Crippen LogP contribution >= 0.6 is 11.3 Å². The second kappa shape index (κ2) is 5.56. The molecule has 0 spiro atoms. The summed E-state index contributed by atoms with van der Waals surface area (Å²) >= 11 is 1.65. The molecule has 3 aromatic rings. The van der Waals surface area contributed by atoms with Crippen LogP contribution in [-0.2, 0) is 0 Å². The Bertz CT molecular complexity index is 840. The van der Waals surface area contributed by atoms with Gasteiger partial charge < -0.3 is 9.42 Å². The average Bonchev–Trinajstić information content (AvgIpc) is 3.25. The summed E-state index contributed by atoms with van der Waals surface area (Å²) in [4.78, 5) is 17.2. The predicted octanol–water partition coefficient (Wildman–Crippen LogP) is 3.85. The minimum Gasteiger partial charge on any atom is -0.344 e. The highest BCUT2D eigenvalue weighted by Gasteiger charge is 2.33. The SMILES string of the molecule is Cc1nc(N2CCC[C@@H]2c2nc(C(C)C)no2)c2ccsc2n1. The Labute approximate surface area is 138 Å². The first-order valence-electron chi connectivity index (χ1n) is 7.95. The molecule has 7 heteroatoms.